The van der Waals surface area contributed by atoms with Crippen molar-refractivity contribution in [2.45, 2.75) is 84.2 Å². The number of aromatic amines is 1. The van der Waals surface area contributed by atoms with Crippen LogP contribution in [-0.4, -0.2) is 22.3 Å². The van der Waals surface area contributed by atoms with Gasteiger partial charge in [0.1, 0.15) is 22.8 Å². The van der Waals surface area contributed by atoms with Crippen molar-refractivity contribution < 1.29 is 22.7 Å². The lowest BCUT2D eigenvalue weighted by atomic mass is 9.78. The van der Waals surface area contributed by atoms with Gasteiger partial charge in [-0.15, -0.1) is 0 Å². The van der Waals surface area contributed by atoms with Gasteiger partial charge in [0.25, 0.3) is 5.56 Å². The van der Waals surface area contributed by atoms with Crippen molar-refractivity contribution in [2.75, 3.05) is 6.61 Å². The maximum Gasteiger partial charge on any atom is 0.397 e. The van der Waals surface area contributed by atoms with E-state index < -0.39 is 14.2 Å². The third kappa shape index (κ3) is 5.65. The van der Waals surface area contributed by atoms with E-state index in [0.717, 1.165) is 12.0 Å². The SMILES string of the molecule is CC(C)(C)c1cc(C(C)(C)C)c2c(c1F)COP(OCC1CCC(n3cc(Cl)c(=O)[nH]c3=S)O1)O2. The van der Waals surface area contributed by atoms with Crippen molar-refractivity contribution in [1.29, 1.82) is 0 Å². The average molecular weight is 545 g/mol. The molecule has 2 aliphatic rings. The maximum atomic E-state index is 15.4. The molecule has 11 heteroatoms. The minimum Gasteiger partial charge on any atom is -0.426 e. The molecule has 192 valence electrons. The van der Waals surface area contributed by atoms with Crippen LogP contribution in [0.25, 0.3) is 0 Å². The second-order valence-electron chi connectivity index (χ2n) is 10.9. The normalized spacial score (nSPS) is 22.7. The van der Waals surface area contributed by atoms with Gasteiger partial charge in [-0.3, -0.25) is 23.4 Å². The van der Waals surface area contributed by atoms with Gasteiger partial charge in [0.15, 0.2) is 4.77 Å². The van der Waals surface area contributed by atoms with Crippen LogP contribution < -0.4 is 10.1 Å². The van der Waals surface area contributed by atoms with Crippen LogP contribution in [0.4, 0.5) is 4.39 Å². The van der Waals surface area contributed by atoms with Gasteiger partial charge in [-0.1, -0.05) is 53.1 Å². The van der Waals surface area contributed by atoms with Gasteiger partial charge >= 0.3 is 8.60 Å². The molecule has 0 spiro atoms. The second kappa shape index (κ2) is 9.84. The first-order valence-corrected chi connectivity index (χ1v) is 13.4. The number of fused-ring (bicyclic) bond motifs is 1. The molecular weight excluding hydrogens is 514 g/mol. The summed E-state index contributed by atoms with van der Waals surface area (Å²) in [6.45, 7) is 12.5. The minimum absolute atomic E-state index is 0.0459. The van der Waals surface area contributed by atoms with E-state index in [1.807, 2.05) is 26.8 Å². The standard InChI is InChI=1S/C24H31ClFN2O5PS/c1-23(2,3)15-9-16(24(4,5)6)20-14(19(15)26)12-31-34(33-20)30-11-13-7-8-18(32-13)28-10-17(25)21(29)27-22(28)35/h9-10,13,18H,7-8,11-12H2,1-6H3,(H,27,29,35). The molecule has 0 radical (unpaired) electrons. The molecule has 1 saturated heterocycles. The first-order chi connectivity index (χ1) is 16.3. The van der Waals surface area contributed by atoms with Crippen molar-refractivity contribution in [3.63, 3.8) is 0 Å². The highest BCUT2D eigenvalue weighted by Crippen LogP contribution is 2.52. The van der Waals surface area contributed by atoms with Crippen molar-refractivity contribution in [1.82, 2.24) is 9.55 Å². The number of rotatable bonds is 4. The fourth-order valence-corrected chi connectivity index (χ4v) is 5.62. The first-order valence-electron chi connectivity index (χ1n) is 11.5. The Kier molecular flexibility index (Phi) is 7.51. The molecular formula is C24H31ClFN2O5PS. The van der Waals surface area contributed by atoms with Crippen molar-refractivity contribution >= 4 is 32.4 Å². The molecule has 0 aliphatic carbocycles. The molecule has 4 rings (SSSR count). The highest BCUT2D eigenvalue weighted by molar-refractivity contribution is 7.71. The molecule has 3 unspecified atom stereocenters. The van der Waals surface area contributed by atoms with E-state index in [1.54, 1.807) is 4.57 Å². The van der Waals surface area contributed by atoms with Crippen LogP contribution in [-0.2, 0) is 31.2 Å². The zero-order valence-electron chi connectivity index (χ0n) is 20.7. The second-order valence-corrected chi connectivity index (χ2v) is 12.9. The Balaban J connectivity index is 1.46. The molecule has 2 aromatic rings. The molecule has 1 fully saturated rings. The molecule has 1 N–H and O–H groups in total. The highest BCUT2D eigenvalue weighted by Gasteiger charge is 2.36. The first kappa shape index (κ1) is 26.7. The van der Waals surface area contributed by atoms with Gasteiger partial charge in [-0.05, 0) is 47.5 Å². The van der Waals surface area contributed by atoms with E-state index in [0.29, 0.717) is 23.3 Å². The Morgan fingerprint density at radius 1 is 1.23 bits per heavy atom. The molecule has 0 saturated carbocycles. The monoisotopic (exact) mass is 544 g/mol. The molecule has 3 atom stereocenters. The lowest BCUT2D eigenvalue weighted by molar-refractivity contribution is -0.0221. The molecule has 1 aromatic carbocycles. The molecule has 0 amide bonds. The van der Waals surface area contributed by atoms with Gasteiger partial charge in [0.2, 0.25) is 0 Å². The van der Waals surface area contributed by atoms with E-state index in [-0.39, 0.29) is 52.0 Å². The fourth-order valence-electron chi connectivity index (χ4n) is 4.15. The lowest BCUT2D eigenvalue weighted by Crippen LogP contribution is -2.23. The zero-order chi connectivity index (χ0) is 25.7. The third-order valence-electron chi connectivity index (χ3n) is 6.09. The van der Waals surface area contributed by atoms with Crippen LogP contribution in [0.1, 0.15) is 77.3 Å². The summed E-state index contributed by atoms with van der Waals surface area (Å²) in [6, 6.07) is 1.91. The summed E-state index contributed by atoms with van der Waals surface area (Å²) in [4.78, 5) is 14.2. The summed E-state index contributed by atoms with van der Waals surface area (Å²) in [5, 5.41) is 0.0459. The smallest absolute Gasteiger partial charge is 0.397 e. The predicted octanol–water partition coefficient (Wildman–Crippen LogP) is 6.82. The van der Waals surface area contributed by atoms with E-state index in [4.69, 9.17) is 42.1 Å². The van der Waals surface area contributed by atoms with E-state index in [1.165, 1.54) is 6.20 Å². The Hall–Kier alpha value is -1.35. The Bertz CT molecular complexity index is 1240. The number of H-pyrrole nitrogens is 1. The van der Waals surface area contributed by atoms with Gasteiger partial charge in [0, 0.05) is 11.8 Å². The number of ether oxygens (including phenoxy) is 1. The van der Waals surface area contributed by atoms with Crippen LogP contribution in [0.2, 0.25) is 5.02 Å². The maximum absolute atomic E-state index is 15.4. The Morgan fingerprint density at radius 2 is 1.91 bits per heavy atom. The summed E-state index contributed by atoms with van der Waals surface area (Å²) >= 11 is 11.2. The lowest BCUT2D eigenvalue weighted by Gasteiger charge is -2.33. The Labute approximate surface area is 215 Å². The van der Waals surface area contributed by atoms with Crippen molar-refractivity contribution in [3.8, 4) is 5.75 Å². The number of hydrogen-bond donors (Lipinski definition) is 1. The Morgan fingerprint density at radius 3 is 2.57 bits per heavy atom. The highest BCUT2D eigenvalue weighted by atomic mass is 35.5. The van der Waals surface area contributed by atoms with Gasteiger partial charge in [-0.2, -0.15) is 0 Å². The van der Waals surface area contributed by atoms with E-state index in [9.17, 15) is 4.79 Å². The van der Waals surface area contributed by atoms with Crippen LogP contribution in [0, 0.1) is 10.6 Å². The fraction of sp³-hybridized carbons (Fsp3) is 0.583. The number of halogens is 2. The van der Waals surface area contributed by atoms with Crippen LogP contribution in [0.3, 0.4) is 0 Å². The van der Waals surface area contributed by atoms with E-state index in [2.05, 4.69) is 25.8 Å². The zero-order valence-corrected chi connectivity index (χ0v) is 23.2. The van der Waals surface area contributed by atoms with Crippen LogP contribution in [0.15, 0.2) is 17.1 Å². The molecule has 7 nitrogen and oxygen atoms in total. The van der Waals surface area contributed by atoms with Gasteiger partial charge < -0.3 is 9.26 Å². The summed E-state index contributed by atoms with van der Waals surface area (Å²) < 4.78 is 41.2. The topological polar surface area (TPSA) is 74.7 Å². The van der Waals surface area contributed by atoms with Crippen molar-refractivity contribution in [3.05, 3.63) is 54.9 Å². The quantitative estimate of drug-likeness (QED) is 0.336. The number of nitrogens with zero attached hydrogens (tertiary/aromatic N) is 1. The summed E-state index contributed by atoms with van der Waals surface area (Å²) in [7, 11) is -1.71. The predicted molar refractivity (Wildman–Crippen MR) is 136 cm³/mol. The van der Waals surface area contributed by atoms with Crippen molar-refractivity contribution in [2.24, 2.45) is 0 Å². The average Bonchev–Trinajstić information content (AvgIpc) is 3.22. The van der Waals surface area contributed by atoms with Gasteiger partial charge in [0.05, 0.1) is 24.9 Å². The van der Waals surface area contributed by atoms with Crippen LogP contribution in [0.5, 0.6) is 5.75 Å². The third-order valence-corrected chi connectivity index (χ3v) is 7.70. The van der Waals surface area contributed by atoms with Gasteiger partial charge in [-0.25, -0.2) is 4.39 Å². The molecule has 1 aromatic heterocycles. The summed E-state index contributed by atoms with van der Waals surface area (Å²) in [5.41, 5.74) is 0.973. The number of nitrogens with one attached hydrogen (secondary N) is 1. The number of hydrogen-bond acceptors (Lipinski definition) is 6. The van der Waals surface area contributed by atoms with Crippen LogP contribution >= 0.6 is 32.4 Å². The molecule has 2 aliphatic heterocycles. The number of benzene rings is 1. The molecule has 35 heavy (non-hydrogen) atoms. The molecule has 3 heterocycles. The summed E-state index contributed by atoms with van der Waals surface area (Å²) in [6.07, 6.45) is 2.32. The largest absolute Gasteiger partial charge is 0.426 e. The van der Waals surface area contributed by atoms with E-state index >= 15 is 4.39 Å². The minimum atomic E-state index is -1.71. The summed E-state index contributed by atoms with van der Waals surface area (Å²) in [5.74, 6) is 0.230. The number of aromatic nitrogens is 2. The molecule has 0 bridgehead atoms.